The third-order valence-corrected chi connectivity index (χ3v) is 5.34. The van der Waals surface area contributed by atoms with Gasteiger partial charge in [0.15, 0.2) is 0 Å². The van der Waals surface area contributed by atoms with E-state index in [9.17, 15) is 0 Å². The van der Waals surface area contributed by atoms with Gasteiger partial charge >= 0.3 is 0 Å². The van der Waals surface area contributed by atoms with Gasteiger partial charge in [0, 0.05) is 17.1 Å². The number of ether oxygens (including phenoxy) is 1. The minimum absolute atomic E-state index is 0.282. The first-order valence-electron chi connectivity index (χ1n) is 8.76. The smallest absolute Gasteiger partial charge is 0.114 e. The van der Waals surface area contributed by atoms with Gasteiger partial charge in [-0.3, -0.25) is 4.98 Å². The highest BCUT2D eigenvalue weighted by molar-refractivity contribution is 5.82. The average molecular weight is 320 g/mol. The Hall–Kier alpha value is -2.27. The number of pyridine rings is 1. The maximum atomic E-state index is 6.16. The Balaban J connectivity index is 1.34. The molecule has 3 aromatic rings. The molecule has 1 aromatic carbocycles. The highest BCUT2D eigenvalue weighted by atomic mass is 16.5. The summed E-state index contributed by atoms with van der Waals surface area (Å²) in [7, 11) is 0. The van der Waals surface area contributed by atoms with Crippen molar-refractivity contribution in [2.24, 2.45) is 5.92 Å². The lowest BCUT2D eigenvalue weighted by Gasteiger charge is -2.11. The van der Waals surface area contributed by atoms with Crippen LogP contribution in [0.25, 0.3) is 22.2 Å². The van der Waals surface area contributed by atoms with Crippen molar-refractivity contribution in [2.75, 3.05) is 0 Å². The molecule has 2 aromatic heterocycles. The second-order valence-corrected chi connectivity index (χ2v) is 6.97. The molecule has 0 amide bonds. The molecular weight excluding hydrogens is 300 g/mol. The minimum Gasteiger partial charge on any atom is -0.373 e. The minimum atomic E-state index is 0.282. The number of hydrogen-bond acceptors (Lipinski definition) is 4. The largest absolute Gasteiger partial charge is 0.373 e. The first kappa shape index (κ1) is 14.1. The van der Waals surface area contributed by atoms with Crippen molar-refractivity contribution in [1.82, 2.24) is 20.0 Å². The molecule has 0 spiro atoms. The fourth-order valence-electron chi connectivity index (χ4n) is 4.15. The topological polar surface area (TPSA) is 52.8 Å². The van der Waals surface area contributed by atoms with Gasteiger partial charge < -0.3 is 4.74 Å². The molecule has 5 nitrogen and oxygen atoms in total. The van der Waals surface area contributed by atoms with Crippen molar-refractivity contribution in [2.45, 2.75) is 44.4 Å². The van der Waals surface area contributed by atoms with Gasteiger partial charge in [-0.25, -0.2) is 4.68 Å². The van der Waals surface area contributed by atoms with Crippen LogP contribution in [0, 0.1) is 5.92 Å². The summed E-state index contributed by atoms with van der Waals surface area (Å²) in [5, 5.41) is 9.74. The molecular formula is C19H20N4O. The Morgan fingerprint density at radius 3 is 3.12 bits per heavy atom. The lowest BCUT2D eigenvalue weighted by molar-refractivity contribution is 0.0300. The van der Waals surface area contributed by atoms with E-state index in [1.165, 1.54) is 19.3 Å². The van der Waals surface area contributed by atoms with E-state index in [1.54, 1.807) is 0 Å². The zero-order chi connectivity index (χ0) is 15.9. The van der Waals surface area contributed by atoms with E-state index in [2.05, 4.69) is 27.4 Å². The number of rotatable bonds is 3. The normalized spacial score (nSPS) is 26.1. The summed E-state index contributed by atoms with van der Waals surface area (Å²) in [5.74, 6) is 0.766. The van der Waals surface area contributed by atoms with Gasteiger partial charge in [0.25, 0.3) is 0 Å². The van der Waals surface area contributed by atoms with Crippen LogP contribution in [-0.2, 0) is 11.3 Å². The third-order valence-electron chi connectivity index (χ3n) is 5.34. The molecule has 3 atom stereocenters. The number of benzene rings is 1. The molecule has 24 heavy (non-hydrogen) atoms. The summed E-state index contributed by atoms with van der Waals surface area (Å²) >= 11 is 0. The van der Waals surface area contributed by atoms with E-state index in [0.29, 0.717) is 6.10 Å². The first-order valence-corrected chi connectivity index (χ1v) is 8.76. The van der Waals surface area contributed by atoms with E-state index in [1.807, 2.05) is 35.3 Å². The molecule has 0 N–H and O–H groups in total. The van der Waals surface area contributed by atoms with Gasteiger partial charge in [0.05, 0.1) is 30.5 Å². The zero-order valence-electron chi connectivity index (χ0n) is 13.5. The molecule has 1 saturated heterocycles. The van der Waals surface area contributed by atoms with Crippen LogP contribution in [-0.4, -0.2) is 32.2 Å². The number of aromatic nitrogens is 4. The molecule has 5 rings (SSSR count). The predicted octanol–water partition coefficient (Wildman–Crippen LogP) is 3.45. The maximum Gasteiger partial charge on any atom is 0.114 e. The molecule has 3 unspecified atom stereocenters. The number of fused-ring (bicyclic) bond motifs is 2. The second kappa shape index (κ2) is 5.67. The number of para-hydroxylation sites is 1. The summed E-state index contributed by atoms with van der Waals surface area (Å²) in [6, 6.07) is 10.2. The molecule has 2 fully saturated rings. The number of nitrogens with zero attached hydrogens (tertiary/aromatic N) is 4. The van der Waals surface area contributed by atoms with Crippen molar-refractivity contribution in [3.63, 3.8) is 0 Å². The van der Waals surface area contributed by atoms with Crippen LogP contribution in [0.15, 0.2) is 42.7 Å². The van der Waals surface area contributed by atoms with Gasteiger partial charge in [0.2, 0.25) is 0 Å². The molecule has 0 radical (unpaired) electrons. The average Bonchev–Trinajstić information content (AvgIpc) is 3.31. The fourth-order valence-corrected chi connectivity index (χ4v) is 4.15. The summed E-state index contributed by atoms with van der Waals surface area (Å²) < 4.78 is 8.07. The molecule has 1 aliphatic carbocycles. The van der Waals surface area contributed by atoms with Crippen molar-refractivity contribution in [3.8, 4) is 11.3 Å². The lowest BCUT2D eigenvalue weighted by atomic mass is 10.0. The highest BCUT2D eigenvalue weighted by Gasteiger charge is 2.38. The van der Waals surface area contributed by atoms with E-state index in [-0.39, 0.29) is 6.10 Å². The van der Waals surface area contributed by atoms with Crippen LogP contribution in [0.1, 0.15) is 25.7 Å². The van der Waals surface area contributed by atoms with Crippen LogP contribution >= 0.6 is 0 Å². The third kappa shape index (κ3) is 2.49. The lowest BCUT2D eigenvalue weighted by Crippen LogP contribution is -2.17. The maximum absolute atomic E-state index is 6.16. The Kier molecular flexibility index (Phi) is 3.33. The van der Waals surface area contributed by atoms with Gasteiger partial charge in [-0.05, 0) is 37.3 Å². The quantitative estimate of drug-likeness (QED) is 0.742. The summed E-state index contributed by atoms with van der Waals surface area (Å²) in [6.07, 6.45) is 9.68. The first-order chi connectivity index (χ1) is 11.8. The van der Waals surface area contributed by atoms with Gasteiger partial charge in [-0.2, -0.15) is 0 Å². The Labute approximate surface area is 140 Å². The molecule has 5 heteroatoms. The van der Waals surface area contributed by atoms with E-state index < -0.39 is 0 Å². The van der Waals surface area contributed by atoms with E-state index in [4.69, 9.17) is 4.74 Å². The SMILES string of the molecule is c1ccc2ncc(-c3cn(CC4CC5CCCC5O4)nn3)cc2c1. The van der Waals surface area contributed by atoms with E-state index >= 15 is 0 Å². The monoisotopic (exact) mass is 320 g/mol. The molecule has 3 heterocycles. The molecule has 0 bridgehead atoms. The highest BCUT2D eigenvalue weighted by Crippen LogP contribution is 2.39. The zero-order valence-corrected chi connectivity index (χ0v) is 13.5. The van der Waals surface area contributed by atoms with Crippen LogP contribution in [0.3, 0.4) is 0 Å². The Morgan fingerprint density at radius 1 is 1.21 bits per heavy atom. The summed E-state index contributed by atoms with van der Waals surface area (Å²) in [6.45, 7) is 0.793. The Morgan fingerprint density at radius 2 is 2.17 bits per heavy atom. The van der Waals surface area contributed by atoms with Crippen LogP contribution < -0.4 is 0 Å². The van der Waals surface area contributed by atoms with Crippen molar-refractivity contribution in [1.29, 1.82) is 0 Å². The predicted molar refractivity (Wildman–Crippen MR) is 91.4 cm³/mol. The molecule has 1 aliphatic heterocycles. The van der Waals surface area contributed by atoms with Gasteiger partial charge in [-0.1, -0.05) is 29.8 Å². The van der Waals surface area contributed by atoms with Crippen LogP contribution in [0.4, 0.5) is 0 Å². The van der Waals surface area contributed by atoms with Crippen LogP contribution in [0.5, 0.6) is 0 Å². The van der Waals surface area contributed by atoms with Gasteiger partial charge in [-0.15, -0.1) is 5.10 Å². The Bertz CT molecular complexity index is 862. The van der Waals surface area contributed by atoms with Crippen molar-refractivity contribution >= 4 is 10.9 Å². The second-order valence-electron chi connectivity index (χ2n) is 6.97. The summed E-state index contributed by atoms with van der Waals surface area (Å²) in [4.78, 5) is 4.51. The molecule has 122 valence electrons. The fraction of sp³-hybridized carbons (Fsp3) is 0.421. The van der Waals surface area contributed by atoms with Crippen molar-refractivity contribution < 1.29 is 4.74 Å². The molecule has 1 saturated carbocycles. The summed E-state index contributed by atoms with van der Waals surface area (Å²) in [5.41, 5.74) is 2.87. The standard InChI is InChI=1S/C19H20N4O/c1-2-6-17-13(4-1)8-15(10-20-17)18-12-23(22-21-18)11-16-9-14-5-3-7-19(14)24-16/h1-2,4,6,8,10,12,14,16,19H,3,5,7,9,11H2. The van der Waals surface area contributed by atoms with Crippen molar-refractivity contribution in [3.05, 3.63) is 42.7 Å². The van der Waals surface area contributed by atoms with E-state index in [0.717, 1.165) is 41.0 Å². The van der Waals surface area contributed by atoms with Gasteiger partial charge in [0.1, 0.15) is 5.69 Å². The molecule has 2 aliphatic rings. The van der Waals surface area contributed by atoms with Crippen LogP contribution in [0.2, 0.25) is 0 Å². The number of hydrogen-bond donors (Lipinski definition) is 0.